The smallest absolute Gasteiger partial charge is 0.335 e. The van der Waals surface area contributed by atoms with Gasteiger partial charge in [0.05, 0.1) is 0 Å². The fraction of sp³-hybridized carbons (Fsp3) is 0.529. The average molecular weight is 305 g/mol. The van der Waals surface area contributed by atoms with Crippen molar-refractivity contribution < 1.29 is 19.1 Å². The second-order valence-corrected chi connectivity index (χ2v) is 6.48. The summed E-state index contributed by atoms with van der Waals surface area (Å²) in [5.41, 5.74) is 1.95. The van der Waals surface area contributed by atoms with Crippen LogP contribution in [0, 0.1) is 0 Å². The number of nitrogens with one attached hydrogen (secondary N) is 1. The number of hydrogen-bond acceptors (Lipinski definition) is 4. The molecule has 2 rings (SSSR count). The maximum Gasteiger partial charge on any atom is 0.335 e. The summed E-state index contributed by atoms with van der Waals surface area (Å²) in [7, 11) is 0. The zero-order chi connectivity index (χ0) is 16.2. The van der Waals surface area contributed by atoms with Gasteiger partial charge in [-0.2, -0.15) is 0 Å². The summed E-state index contributed by atoms with van der Waals surface area (Å²) in [5.74, 6) is -0.814. The zero-order valence-electron chi connectivity index (χ0n) is 13.3. The monoisotopic (exact) mass is 305 g/mol. The van der Waals surface area contributed by atoms with Crippen LogP contribution in [0.3, 0.4) is 0 Å². The first-order valence-corrected chi connectivity index (χ1v) is 7.55. The molecule has 1 aliphatic heterocycles. The Kier molecular flexibility index (Phi) is 5.19. The van der Waals surface area contributed by atoms with Gasteiger partial charge >= 0.3 is 5.97 Å². The standard InChI is InChI=1S/C17H23NO4/c1-17(2,3)12-6-8-13(9-7-12)18-15(19)11-22-16(20)14-5-4-10-21-14/h6-9,14H,4-5,10-11H2,1-3H3,(H,18,19)/t14-/m1/s1. The Morgan fingerprint density at radius 1 is 1.27 bits per heavy atom. The first kappa shape index (κ1) is 16.5. The summed E-state index contributed by atoms with van der Waals surface area (Å²) in [4.78, 5) is 23.4. The van der Waals surface area contributed by atoms with Crippen molar-refractivity contribution in [2.24, 2.45) is 0 Å². The SMILES string of the molecule is CC(C)(C)c1ccc(NC(=O)COC(=O)[C@H]2CCCO2)cc1. The van der Waals surface area contributed by atoms with Crippen molar-refractivity contribution in [1.82, 2.24) is 0 Å². The lowest BCUT2D eigenvalue weighted by Crippen LogP contribution is -2.27. The average Bonchev–Trinajstić information content (AvgIpc) is 2.98. The van der Waals surface area contributed by atoms with Gasteiger partial charge in [0, 0.05) is 12.3 Å². The number of anilines is 1. The Bertz CT molecular complexity index is 525. The van der Waals surface area contributed by atoms with E-state index in [0.717, 1.165) is 6.42 Å². The molecule has 0 unspecified atom stereocenters. The third-order valence-corrected chi connectivity index (χ3v) is 3.57. The summed E-state index contributed by atoms with van der Waals surface area (Å²) in [6.07, 6.45) is 1.000. The number of carbonyl (C=O) groups is 2. The molecule has 22 heavy (non-hydrogen) atoms. The molecule has 0 saturated carbocycles. The normalized spacial score (nSPS) is 18.0. The van der Waals surface area contributed by atoms with Crippen molar-refractivity contribution in [3.05, 3.63) is 29.8 Å². The maximum atomic E-state index is 11.8. The van der Waals surface area contributed by atoms with Crippen LogP contribution < -0.4 is 5.32 Å². The van der Waals surface area contributed by atoms with Gasteiger partial charge in [0.2, 0.25) is 0 Å². The van der Waals surface area contributed by atoms with Gasteiger partial charge in [0.15, 0.2) is 12.7 Å². The van der Waals surface area contributed by atoms with Gasteiger partial charge in [0.1, 0.15) is 0 Å². The molecule has 0 aromatic heterocycles. The number of carbonyl (C=O) groups excluding carboxylic acids is 2. The molecule has 0 radical (unpaired) electrons. The Balaban J connectivity index is 1.80. The van der Waals surface area contributed by atoms with Crippen LogP contribution in [0.15, 0.2) is 24.3 Å². The minimum Gasteiger partial charge on any atom is -0.454 e. The van der Waals surface area contributed by atoms with Crippen LogP contribution in [0.2, 0.25) is 0 Å². The molecular weight excluding hydrogens is 282 g/mol. The van der Waals surface area contributed by atoms with Crippen LogP contribution in [0.1, 0.15) is 39.2 Å². The Labute approximate surface area is 131 Å². The summed E-state index contributed by atoms with van der Waals surface area (Å²) in [6, 6.07) is 7.66. The van der Waals surface area contributed by atoms with E-state index in [-0.39, 0.29) is 17.9 Å². The lowest BCUT2D eigenvalue weighted by Gasteiger charge is -2.19. The molecule has 1 aromatic rings. The molecule has 1 saturated heterocycles. The van der Waals surface area contributed by atoms with Crippen LogP contribution in [-0.2, 0) is 24.5 Å². The fourth-order valence-corrected chi connectivity index (χ4v) is 2.24. The third kappa shape index (κ3) is 4.56. The Hall–Kier alpha value is -1.88. The van der Waals surface area contributed by atoms with E-state index in [1.165, 1.54) is 5.56 Å². The molecule has 0 bridgehead atoms. The highest BCUT2D eigenvalue weighted by Crippen LogP contribution is 2.23. The molecule has 0 aliphatic carbocycles. The second kappa shape index (κ2) is 6.92. The van der Waals surface area contributed by atoms with Crippen molar-refractivity contribution in [1.29, 1.82) is 0 Å². The minimum absolute atomic E-state index is 0.0688. The molecule has 1 amide bonds. The lowest BCUT2D eigenvalue weighted by molar-refractivity contribution is -0.156. The van der Waals surface area contributed by atoms with Gasteiger partial charge in [-0.1, -0.05) is 32.9 Å². The summed E-state index contributed by atoms with van der Waals surface area (Å²) in [5, 5.41) is 2.71. The van der Waals surface area contributed by atoms with Crippen LogP contribution in [0.4, 0.5) is 5.69 Å². The summed E-state index contributed by atoms with van der Waals surface area (Å²) < 4.78 is 10.2. The van der Waals surface area contributed by atoms with Crippen molar-refractivity contribution in [3.8, 4) is 0 Å². The number of hydrogen-bond donors (Lipinski definition) is 1. The summed E-state index contributed by atoms with van der Waals surface area (Å²) >= 11 is 0. The van der Waals surface area contributed by atoms with E-state index in [1.807, 2.05) is 24.3 Å². The van der Waals surface area contributed by atoms with Crippen molar-refractivity contribution in [3.63, 3.8) is 0 Å². The van der Waals surface area contributed by atoms with Gasteiger partial charge < -0.3 is 14.8 Å². The number of ether oxygens (including phenoxy) is 2. The molecular formula is C17H23NO4. The van der Waals surface area contributed by atoms with Gasteiger partial charge in [-0.05, 0) is 36.0 Å². The predicted molar refractivity (Wildman–Crippen MR) is 83.7 cm³/mol. The number of esters is 1. The lowest BCUT2D eigenvalue weighted by atomic mass is 9.87. The molecule has 0 spiro atoms. The fourth-order valence-electron chi connectivity index (χ4n) is 2.24. The predicted octanol–water partition coefficient (Wildman–Crippen LogP) is 2.64. The number of amides is 1. The van der Waals surface area contributed by atoms with Crippen LogP contribution in [0.5, 0.6) is 0 Å². The van der Waals surface area contributed by atoms with Gasteiger partial charge in [-0.25, -0.2) is 4.79 Å². The van der Waals surface area contributed by atoms with Crippen molar-refractivity contribution in [2.75, 3.05) is 18.5 Å². The third-order valence-electron chi connectivity index (χ3n) is 3.57. The molecule has 1 atom stereocenters. The highest BCUT2D eigenvalue weighted by atomic mass is 16.6. The quantitative estimate of drug-likeness (QED) is 0.869. The maximum absolute atomic E-state index is 11.8. The molecule has 5 nitrogen and oxygen atoms in total. The van der Waals surface area contributed by atoms with E-state index < -0.39 is 12.1 Å². The molecule has 1 aliphatic rings. The topological polar surface area (TPSA) is 64.6 Å². The van der Waals surface area contributed by atoms with E-state index in [4.69, 9.17) is 9.47 Å². The van der Waals surface area contributed by atoms with Crippen molar-refractivity contribution >= 4 is 17.6 Å². The van der Waals surface area contributed by atoms with Gasteiger partial charge in [-0.15, -0.1) is 0 Å². The van der Waals surface area contributed by atoms with Crippen LogP contribution in [0.25, 0.3) is 0 Å². The first-order valence-electron chi connectivity index (χ1n) is 7.55. The van der Waals surface area contributed by atoms with Crippen LogP contribution >= 0.6 is 0 Å². The van der Waals surface area contributed by atoms with E-state index in [2.05, 4.69) is 26.1 Å². The second-order valence-electron chi connectivity index (χ2n) is 6.48. The minimum atomic E-state index is -0.515. The molecule has 1 heterocycles. The molecule has 1 aromatic carbocycles. The highest BCUT2D eigenvalue weighted by Gasteiger charge is 2.25. The number of benzene rings is 1. The van der Waals surface area contributed by atoms with E-state index in [0.29, 0.717) is 18.7 Å². The van der Waals surface area contributed by atoms with E-state index in [9.17, 15) is 9.59 Å². The highest BCUT2D eigenvalue weighted by molar-refractivity contribution is 5.93. The molecule has 120 valence electrons. The summed E-state index contributed by atoms with van der Waals surface area (Å²) in [6.45, 7) is 6.67. The Morgan fingerprint density at radius 2 is 1.95 bits per heavy atom. The Morgan fingerprint density at radius 3 is 2.50 bits per heavy atom. The first-order chi connectivity index (χ1) is 10.4. The zero-order valence-corrected chi connectivity index (χ0v) is 13.3. The van der Waals surface area contributed by atoms with E-state index in [1.54, 1.807) is 0 Å². The van der Waals surface area contributed by atoms with Gasteiger partial charge in [-0.3, -0.25) is 4.79 Å². The largest absolute Gasteiger partial charge is 0.454 e. The van der Waals surface area contributed by atoms with Crippen LogP contribution in [-0.4, -0.2) is 31.2 Å². The van der Waals surface area contributed by atoms with Crippen molar-refractivity contribution in [2.45, 2.75) is 45.1 Å². The molecule has 1 fully saturated rings. The molecule has 5 heteroatoms. The van der Waals surface area contributed by atoms with E-state index >= 15 is 0 Å². The van der Waals surface area contributed by atoms with Gasteiger partial charge in [0.25, 0.3) is 5.91 Å². The number of rotatable bonds is 4. The molecule has 1 N–H and O–H groups in total.